The molecule has 2 aliphatic rings. The Morgan fingerprint density at radius 1 is 0.655 bits per heavy atom. The van der Waals surface area contributed by atoms with E-state index in [2.05, 4.69) is 53.3 Å². The van der Waals surface area contributed by atoms with Gasteiger partial charge in [-0.05, 0) is 114 Å². The summed E-state index contributed by atoms with van der Waals surface area (Å²) in [6, 6.07) is 30.4. The van der Waals surface area contributed by atoms with E-state index in [4.69, 9.17) is 9.47 Å². The minimum atomic E-state index is -0.137. The van der Waals surface area contributed by atoms with Gasteiger partial charge in [0.1, 0.15) is 0 Å². The summed E-state index contributed by atoms with van der Waals surface area (Å²) >= 11 is 1.50. The molecule has 8 rings (SSSR count). The van der Waals surface area contributed by atoms with Crippen LogP contribution in [0.4, 0.5) is 0 Å². The van der Waals surface area contributed by atoms with Crippen LogP contribution in [0.15, 0.2) is 109 Å². The maximum absolute atomic E-state index is 14.9. The molecule has 2 amide bonds. The lowest BCUT2D eigenvalue weighted by molar-refractivity contribution is 0.0731. The molecular formula is C46H44N4O4S. The summed E-state index contributed by atoms with van der Waals surface area (Å²) < 4.78 is 10.7. The molecule has 3 aromatic carbocycles. The minimum absolute atomic E-state index is 0.0102. The molecule has 0 unspecified atom stereocenters. The van der Waals surface area contributed by atoms with Crippen LogP contribution in [0.5, 0.6) is 11.8 Å². The van der Waals surface area contributed by atoms with Crippen molar-refractivity contribution in [3.8, 4) is 45.1 Å². The number of carbonyl (C=O) groups is 2. The van der Waals surface area contributed by atoms with E-state index in [1.165, 1.54) is 11.3 Å². The molecule has 2 fully saturated rings. The van der Waals surface area contributed by atoms with Crippen molar-refractivity contribution in [1.29, 1.82) is 0 Å². The highest BCUT2D eigenvalue weighted by Crippen LogP contribution is 2.43. The molecule has 0 N–H and O–H groups in total. The van der Waals surface area contributed by atoms with Crippen LogP contribution in [0.25, 0.3) is 33.4 Å². The summed E-state index contributed by atoms with van der Waals surface area (Å²) in [6.45, 7) is 5.42. The molecule has 0 bridgehead atoms. The van der Waals surface area contributed by atoms with Crippen molar-refractivity contribution in [2.75, 3.05) is 27.3 Å². The molecular weight excluding hydrogens is 705 g/mol. The van der Waals surface area contributed by atoms with Crippen molar-refractivity contribution >= 4 is 23.2 Å². The fourth-order valence-corrected chi connectivity index (χ4v) is 9.15. The average Bonchev–Trinajstić information content (AvgIpc) is 4.02. The van der Waals surface area contributed by atoms with E-state index >= 15 is 0 Å². The SMILES string of the molecule is COc1ccc(-c2ccccc2[C@H]2CCCN2C(=O)c2ccc(C)cc2-c2ccc(-c3ccc(OC)nc3)c([C@@H]3CCCN3C(=O)c3sccc3C)c2)cn1. The van der Waals surface area contributed by atoms with Gasteiger partial charge in [0.2, 0.25) is 11.8 Å². The minimum Gasteiger partial charge on any atom is -0.481 e. The smallest absolute Gasteiger partial charge is 0.264 e. The van der Waals surface area contributed by atoms with Gasteiger partial charge in [-0.25, -0.2) is 9.97 Å². The molecule has 2 saturated heterocycles. The van der Waals surface area contributed by atoms with Crippen molar-refractivity contribution in [3.05, 3.63) is 141 Å². The molecule has 0 radical (unpaired) electrons. The van der Waals surface area contributed by atoms with E-state index in [9.17, 15) is 9.59 Å². The summed E-state index contributed by atoms with van der Waals surface area (Å²) in [5, 5.41) is 1.98. The van der Waals surface area contributed by atoms with Gasteiger partial charge in [0, 0.05) is 54.3 Å². The lowest BCUT2D eigenvalue weighted by Gasteiger charge is -2.29. The highest BCUT2D eigenvalue weighted by molar-refractivity contribution is 7.12. The molecule has 3 aromatic heterocycles. The second kappa shape index (κ2) is 15.5. The number of hydrogen-bond acceptors (Lipinski definition) is 7. The maximum Gasteiger partial charge on any atom is 0.264 e. The maximum atomic E-state index is 14.9. The molecule has 5 heterocycles. The number of hydrogen-bond donors (Lipinski definition) is 0. The van der Waals surface area contributed by atoms with Gasteiger partial charge < -0.3 is 19.3 Å². The van der Waals surface area contributed by atoms with Crippen molar-refractivity contribution in [3.63, 3.8) is 0 Å². The number of benzene rings is 3. The number of aromatic nitrogens is 2. The van der Waals surface area contributed by atoms with Crippen LogP contribution in [0, 0.1) is 13.8 Å². The Kier molecular flexibility index (Phi) is 10.2. The fourth-order valence-electron chi connectivity index (χ4n) is 8.27. The summed E-state index contributed by atoms with van der Waals surface area (Å²) in [5.41, 5.74) is 10.7. The molecule has 2 aliphatic heterocycles. The number of amides is 2. The molecule has 55 heavy (non-hydrogen) atoms. The summed E-state index contributed by atoms with van der Waals surface area (Å²) in [5.74, 6) is 1.18. The second-order valence-corrected chi connectivity index (χ2v) is 15.3. The first-order valence-electron chi connectivity index (χ1n) is 18.9. The lowest BCUT2D eigenvalue weighted by atomic mass is 9.88. The monoisotopic (exact) mass is 748 g/mol. The first kappa shape index (κ1) is 36.2. The Hall–Kier alpha value is -5.80. The van der Waals surface area contributed by atoms with E-state index in [0.717, 1.165) is 86.2 Å². The van der Waals surface area contributed by atoms with Gasteiger partial charge in [0.15, 0.2) is 0 Å². The molecule has 0 spiro atoms. The zero-order valence-electron chi connectivity index (χ0n) is 31.6. The van der Waals surface area contributed by atoms with Crippen LogP contribution in [0.3, 0.4) is 0 Å². The third-order valence-corrected chi connectivity index (χ3v) is 12.0. The Balaban J connectivity index is 1.19. The van der Waals surface area contributed by atoms with Crippen LogP contribution in [0.1, 0.15) is 80.1 Å². The Bertz CT molecular complexity index is 2350. The number of likely N-dealkylation sites (tertiary alicyclic amines) is 2. The molecule has 2 atom stereocenters. The van der Waals surface area contributed by atoms with Crippen LogP contribution in [-0.2, 0) is 0 Å². The van der Waals surface area contributed by atoms with Gasteiger partial charge >= 0.3 is 0 Å². The Morgan fingerprint density at radius 2 is 1.27 bits per heavy atom. The third kappa shape index (κ3) is 7.00. The normalized spacial score (nSPS) is 16.7. The summed E-state index contributed by atoms with van der Waals surface area (Å²) in [6.07, 6.45) is 7.20. The summed E-state index contributed by atoms with van der Waals surface area (Å²) in [4.78, 5) is 42.8. The largest absolute Gasteiger partial charge is 0.481 e. The van der Waals surface area contributed by atoms with Crippen LogP contribution >= 0.6 is 11.3 Å². The Morgan fingerprint density at radius 3 is 1.89 bits per heavy atom. The van der Waals surface area contributed by atoms with Gasteiger partial charge in [0.05, 0.1) is 31.2 Å². The summed E-state index contributed by atoms with van der Waals surface area (Å²) in [7, 11) is 3.22. The fraction of sp³-hybridized carbons (Fsp3) is 0.261. The first-order chi connectivity index (χ1) is 26.8. The van der Waals surface area contributed by atoms with Crippen LogP contribution < -0.4 is 9.47 Å². The van der Waals surface area contributed by atoms with Crippen molar-refractivity contribution in [1.82, 2.24) is 19.8 Å². The van der Waals surface area contributed by atoms with Gasteiger partial charge in [0.25, 0.3) is 11.8 Å². The number of ether oxygens (including phenoxy) is 2. The molecule has 8 nitrogen and oxygen atoms in total. The van der Waals surface area contributed by atoms with Crippen LogP contribution in [0.2, 0.25) is 0 Å². The number of methoxy groups -OCH3 is 2. The standard InChI is InChI=1S/C46H44N4O4S/c1-29-13-17-37(45(51)49-22-7-11-40(49)36-10-6-5-9-34(36)32-15-19-42(53-3)47-27-32)38(25-29)31-14-18-35(33-16-20-43(54-4)48-28-33)39(26-31)41-12-8-23-50(41)46(52)44-30(2)21-24-55-44/h5-6,9-10,13-21,24-28,40-41H,7-8,11-12,22-23H2,1-4H3/t40-,41+/m1/s1. The van der Waals surface area contributed by atoms with E-state index in [0.29, 0.717) is 30.4 Å². The predicted molar refractivity (Wildman–Crippen MR) is 218 cm³/mol. The van der Waals surface area contributed by atoms with E-state index < -0.39 is 0 Å². The first-order valence-corrected chi connectivity index (χ1v) is 19.7. The lowest BCUT2D eigenvalue weighted by Crippen LogP contribution is -2.31. The average molecular weight is 749 g/mol. The predicted octanol–water partition coefficient (Wildman–Crippen LogP) is 10.1. The van der Waals surface area contributed by atoms with Crippen molar-refractivity contribution in [2.45, 2.75) is 51.6 Å². The highest BCUT2D eigenvalue weighted by atomic mass is 32.1. The number of carbonyl (C=O) groups excluding carboxylic acids is 2. The van der Waals surface area contributed by atoms with Gasteiger partial charge in [-0.2, -0.15) is 0 Å². The molecule has 0 saturated carbocycles. The van der Waals surface area contributed by atoms with Gasteiger partial charge in [-0.1, -0.05) is 54.1 Å². The van der Waals surface area contributed by atoms with E-state index in [1.54, 1.807) is 14.2 Å². The van der Waals surface area contributed by atoms with E-state index in [1.807, 2.05) is 89.1 Å². The van der Waals surface area contributed by atoms with E-state index in [-0.39, 0.29) is 23.9 Å². The van der Waals surface area contributed by atoms with Gasteiger partial charge in [-0.15, -0.1) is 11.3 Å². The second-order valence-electron chi connectivity index (χ2n) is 14.4. The number of rotatable bonds is 9. The zero-order chi connectivity index (χ0) is 38.1. The topological polar surface area (TPSA) is 84.9 Å². The van der Waals surface area contributed by atoms with Gasteiger partial charge in [-0.3, -0.25) is 9.59 Å². The number of aryl methyl sites for hydroxylation is 2. The van der Waals surface area contributed by atoms with Crippen molar-refractivity contribution in [2.24, 2.45) is 0 Å². The highest BCUT2D eigenvalue weighted by Gasteiger charge is 2.35. The molecule has 9 heteroatoms. The number of pyridine rings is 2. The third-order valence-electron chi connectivity index (χ3n) is 11.0. The molecule has 278 valence electrons. The quantitative estimate of drug-likeness (QED) is 0.146. The molecule has 0 aliphatic carbocycles. The number of thiophene rings is 1. The van der Waals surface area contributed by atoms with Crippen molar-refractivity contribution < 1.29 is 19.1 Å². The number of nitrogens with zero attached hydrogens (tertiary/aromatic N) is 4. The zero-order valence-corrected chi connectivity index (χ0v) is 32.4. The van der Waals surface area contributed by atoms with Crippen LogP contribution in [-0.4, -0.2) is 58.9 Å². The Labute approximate surface area is 326 Å². The molecule has 6 aromatic rings.